The number of hydrogen-bond acceptors (Lipinski definition) is 2. The van der Waals surface area contributed by atoms with Crippen LogP contribution in [0.25, 0.3) is 0 Å². The Bertz CT molecular complexity index is 248. The van der Waals surface area contributed by atoms with E-state index in [9.17, 15) is 4.79 Å². The summed E-state index contributed by atoms with van der Waals surface area (Å²) in [6.07, 6.45) is 6.23. The van der Waals surface area contributed by atoms with E-state index in [1.807, 2.05) is 0 Å². The van der Waals surface area contributed by atoms with Gasteiger partial charge in [0.25, 0.3) is 0 Å². The summed E-state index contributed by atoms with van der Waals surface area (Å²) in [4.78, 5) is 14.1. The van der Waals surface area contributed by atoms with Gasteiger partial charge in [0, 0.05) is 25.0 Å². The molecule has 1 amide bonds. The lowest BCUT2D eigenvalue weighted by molar-refractivity contribution is -0.131. The molecule has 0 bridgehead atoms. The van der Waals surface area contributed by atoms with Crippen LogP contribution in [0.3, 0.4) is 0 Å². The van der Waals surface area contributed by atoms with E-state index >= 15 is 0 Å². The van der Waals surface area contributed by atoms with Gasteiger partial charge in [0.05, 0.1) is 0 Å². The van der Waals surface area contributed by atoms with Crippen molar-refractivity contribution in [3.05, 3.63) is 0 Å². The first kappa shape index (κ1) is 9.64. The lowest BCUT2D eigenvalue weighted by Crippen LogP contribution is -2.36. The summed E-state index contributed by atoms with van der Waals surface area (Å²) in [6.45, 7) is 3.14. The highest BCUT2D eigenvalue weighted by molar-refractivity contribution is 5.81. The van der Waals surface area contributed by atoms with Crippen molar-refractivity contribution in [2.45, 2.75) is 38.1 Å². The molecule has 3 rings (SSSR count). The van der Waals surface area contributed by atoms with Crippen LogP contribution in [-0.4, -0.2) is 36.5 Å². The standard InChI is InChI=1S/C12H20N2O/c15-12(9-4-5-9)14-7-10-3-1-2-6-13-11(10)8-14/h9-11,13H,1-8H2. The van der Waals surface area contributed by atoms with E-state index in [-0.39, 0.29) is 0 Å². The van der Waals surface area contributed by atoms with Gasteiger partial charge in [0.15, 0.2) is 0 Å². The van der Waals surface area contributed by atoms with Crippen LogP contribution in [0.5, 0.6) is 0 Å². The maximum atomic E-state index is 11.9. The van der Waals surface area contributed by atoms with Gasteiger partial charge in [-0.1, -0.05) is 6.42 Å². The summed E-state index contributed by atoms with van der Waals surface area (Å²) in [6, 6.07) is 0.593. The van der Waals surface area contributed by atoms with Gasteiger partial charge in [-0.3, -0.25) is 4.79 Å². The summed E-state index contributed by atoms with van der Waals surface area (Å²) < 4.78 is 0. The second kappa shape index (κ2) is 3.78. The van der Waals surface area contributed by atoms with Crippen molar-refractivity contribution in [3.8, 4) is 0 Å². The Balaban J connectivity index is 1.63. The minimum Gasteiger partial charge on any atom is -0.341 e. The Labute approximate surface area is 91.2 Å². The number of likely N-dealkylation sites (tertiary alicyclic amines) is 1. The summed E-state index contributed by atoms with van der Waals surface area (Å²) >= 11 is 0. The number of nitrogens with zero attached hydrogens (tertiary/aromatic N) is 1. The molecule has 84 valence electrons. The second-order valence-corrected chi connectivity index (χ2v) is 5.33. The molecule has 0 aromatic heterocycles. The lowest BCUT2D eigenvalue weighted by Gasteiger charge is -2.16. The molecule has 3 nitrogen and oxygen atoms in total. The molecule has 2 saturated heterocycles. The summed E-state index contributed by atoms with van der Waals surface area (Å²) in [7, 11) is 0. The third-order valence-electron chi connectivity index (χ3n) is 4.09. The quantitative estimate of drug-likeness (QED) is 0.697. The average molecular weight is 208 g/mol. The number of hydrogen-bond donors (Lipinski definition) is 1. The molecule has 2 unspecified atom stereocenters. The lowest BCUT2D eigenvalue weighted by atomic mass is 9.99. The molecular formula is C12H20N2O. The van der Waals surface area contributed by atoms with Crippen molar-refractivity contribution >= 4 is 5.91 Å². The van der Waals surface area contributed by atoms with Crippen molar-refractivity contribution in [2.24, 2.45) is 11.8 Å². The average Bonchev–Trinajstić information content (AvgIpc) is 3.03. The second-order valence-electron chi connectivity index (χ2n) is 5.33. The number of carbonyl (C=O) groups excluding carboxylic acids is 1. The van der Waals surface area contributed by atoms with Crippen molar-refractivity contribution < 1.29 is 4.79 Å². The number of rotatable bonds is 1. The summed E-state index contributed by atoms with van der Waals surface area (Å²) in [5.41, 5.74) is 0. The molecule has 1 saturated carbocycles. The van der Waals surface area contributed by atoms with Crippen LogP contribution in [0.1, 0.15) is 32.1 Å². The Morgan fingerprint density at radius 2 is 2.00 bits per heavy atom. The number of amides is 1. The fourth-order valence-corrected chi connectivity index (χ4v) is 2.98. The molecule has 15 heavy (non-hydrogen) atoms. The minimum absolute atomic E-state index is 0.396. The largest absolute Gasteiger partial charge is 0.341 e. The van der Waals surface area contributed by atoms with Crippen LogP contribution in [0.15, 0.2) is 0 Å². The van der Waals surface area contributed by atoms with Crippen LogP contribution < -0.4 is 5.32 Å². The Morgan fingerprint density at radius 1 is 1.13 bits per heavy atom. The molecule has 0 aromatic carbocycles. The predicted octanol–water partition coefficient (Wildman–Crippen LogP) is 0.997. The highest BCUT2D eigenvalue weighted by Crippen LogP contribution is 2.34. The van der Waals surface area contributed by atoms with Gasteiger partial charge in [0.2, 0.25) is 5.91 Å². The highest BCUT2D eigenvalue weighted by Gasteiger charge is 2.40. The van der Waals surface area contributed by atoms with Crippen LogP contribution >= 0.6 is 0 Å². The third kappa shape index (κ3) is 1.89. The zero-order valence-corrected chi connectivity index (χ0v) is 9.24. The normalized spacial score (nSPS) is 36.1. The van der Waals surface area contributed by atoms with Gasteiger partial charge in [-0.05, 0) is 38.1 Å². The Hall–Kier alpha value is -0.570. The smallest absolute Gasteiger partial charge is 0.225 e. The molecule has 0 aromatic rings. The minimum atomic E-state index is 0.396. The monoisotopic (exact) mass is 208 g/mol. The van der Waals surface area contributed by atoms with Gasteiger partial charge >= 0.3 is 0 Å². The molecule has 0 spiro atoms. The van der Waals surface area contributed by atoms with E-state index in [1.54, 1.807) is 0 Å². The summed E-state index contributed by atoms with van der Waals surface area (Å²) in [5, 5.41) is 3.59. The third-order valence-corrected chi connectivity index (χ3v) is 4.09. The molecular weight excluding hydrogens is 188 g/mol. The van der Waals surface area contributed by atoms with E-state index in [0.29, 0.717) is 17.9 Å². The van der Waals surface area contributed by atoms with Gasteiger partial charge in [-0.2, -0.15) is 0 Å². The molecule has 1 N–H and O–H groups in total. The Kier molecular flexibility index (Phi) is 2.43. The van der Waals surface area contributed by atoms with E-state index in [4.69, 9.17) is 0 Å². The van der Waals surface area contributed by atoms with Crippen molar-refractivity contribution in [1.29, 1.82) is 0 Å². The number of nitrogens with one attached hydrogen (secondary N) is 1. The fraction of sp³-hybridized carbons (Fsp3) is 0.917. The first-order valence-electron chi connectivity index (χ1n) is 6.37. The molecule has 2 atom stereocenters. The van der Waals surface area contributed by atoms with Crippen LogP contribution in [-0.2, 0) is 4.79 Å². The van der Waals surface area contributed by atoms with Gasteiger partial charge in [-0.25, -0.2) is 0 Å². The zero-order chi connectivity index (χ0) is 10.3. The fourth-order valence-electron chi connectivity index (χ4n) is 2.98. The van der Waals surface area contributed by atoms with Crippen molar-refractivity contribution in [1.82, 2.24) is 10.2 Å². The topological polar surface area (TPSA) is 32.3 Å². The molecule has 3 aliphatic rings. The molecule has 3 fully saturated rings. The number of carbonyl (C=O) groups is 1. The summed E-state index contributed by atoms with van der Waals surface area (Å²) in [5.74, 6) is 1.56. The van der Waals surface area contributed by atoms with Crippen LogP contribution in [0, 0.1) is 11.8 Å². The van der Waals surface area contributed by atoms with E-state index < -0.39 is 0 Å². The van der Waals surface area contributed by atoms with E-state index in [2.05, 4.69) is 10.2 Å². The SMILES string of the molecule is O=C(C1CC1)N1CC2CCCCNC2C1. The van der Waals surface area contributed by atoms with E-state index in [1.165, 1.54) is 19.3 Å². The Morgan fingerprint density at radius 3 is 2.80 bits per heavy atom. The first-order valence-corrected chi connectivity index (χ1v) is 6.37. The molecule has 1 aliphatic carbocycles. The zero-order valence-electron chi connectivity index (χ0n) is 9.24. The molecule has 0 radical (unpaired) electrons. The maximum Gasteiger partial charge on any atom is 0.225 e. The number of fused-ring (bicyclic) bond motifs is 1. The molecule has 2 aliphatic heterocycles. The van der Waals surface area contributed by atoms with Gasteiger partial charge in [0.1, 0.15) is 0 Å². The molecule has 3 heteroatoms. The van der Waals surface area contributed by atoms with Crippen LogP contribution in [0.2, 0.25) is 0 Å². The predicted molar refractivity (Wildman–Crippen MR) is 58.4 cm³/mol. The van der Waals surface area contributed by atoms with Crippen molar-refractivity contribution in [2.75, 3.05) is 19.6 Å². The highest BCUT2D eigenvalue weighted by atomic mass is 16.2. The van der Waals surface area contributed by atoms with Crippen molar-refractivity contribution in [3.63, 3.8) is 0 Å². The van der Waals surface area contributed by atoms with Crippen LogP contribution in [0.4, 0.5) is 0 Å². The van der Waals surface area contributed by atoms with E-state index in [0.717, 1.165) is 38.4 Å². The van der Waals surface area contributed by atoms with Gasteiger partial charge in [-0.15, -0.1) is 0 Å². The van der Waals surface area contributed by atoms with Gasteiger partial charge < -0.3 is 10.2 Å². The molecule has 2 heterocycles. The first-order chi connectivity index (χ1) is 7.34. The maximum absolute atomic E-state index is 11.9.